The number of piperazine rings is 1. The number of aryl methyl sites for hydroxylation is 1. The van der Waals surface area contributed by atoms with Crippen LogP contribution in [0.4, 0.5) is 4.39 Å². The van der Waals surface area contributed by atoms with Crippen LogP contribution < -0.4 is 0 Å². The number of amides is 1. The molecule has 0 radical (unpaired) electrons. The van der Waals surface area contributed by atoms with E-state index in [1.807, 2.05) is 4.90 Å². The highest BCUT2D eigenvalue weighted by Crippen LogP contribution is 2.18. The summed E-state index contributed by atoms with van der Waals surface area (Å²) in [6.45, 7) is 11.5. The summed E-state index contributed by atoms with van der Waals surface area (Å²) in [5, 5.41) is 0. The zero-order valence-corrected chi connectivity index (χ0v) is 12.7. The first-order valence-electron chi connectivity index (χ1n) is 7.09. The van der Waals surface area contributed by atoms with Crippen molar-refractivity contribution in [2.24, 2.45) is 0 Å². The number of rotatable bonds is 1. The largest absolute Gasteiger partial charge is 0.336 e. The van der Waals surface area contributed by atoms with Crippen molar-refractivity contribution in [1.29, 1.82) is 0 Å². The fourth-order valence-electron chi connectivity index (χ4n) is 2.54. The fourth-order valence-corrected chi connectivity index (χ4v) is 2.54. The predicted octanol–water partition coefficient (Wildman–Crippen LogP) is 2.69. The van der Waals surface area contributed by atoms with Crippen LogP contribution in [0.15, 0.2) is 18.2 Å². The molecule has 20 heavy (non-hydrogen) atoms. The van der Waals surface area contributed by atoms with Gasteiger partial charge in [-0.1, -0.05) is 0 Å². The Morgan fingerprint density at radius 1 is 1.15 bits per heavy atom. The van der Waals surface area contributed by atoms with E-state index in [9.17, 15) is 9.18 Å². The normalized spacial score (nSPS) is 17.4. The van der Waals surface area contributed by atoms with Crippen LogP contribution in [0.2, 0.25) is 0 Å². The molecule has 0 bridgehead atoms. The Bertz CT molecular complexity index is 500. The summed E-state index contributed by atoms with van der Waals surface area (Å²) >= 11 is 0. The minimum atomic E-state index is -0.265. The van der Waals surface area contributed by atoms with Crippen LogP contribution in [-0.4, -0.2) is 47.4 Å². The lowest BCUT2D eigenvalue weighted by atomic mass is 10.0. The predicted molar refractivity (Wildman–Crippen MR) is 78.4 cm³/mol. The van der Waals surface area contributed by atoms with Crippen LogP contribution in [0.5, 0.6) is 0 Å². The number of benzene rings is 1. The molecule has 1 aromatic rings. The average Bonchev–Trinajstić information content (AvgIpc) is 2.40. The molecule has 1 aromatic carbocycles. The van der Waals surface area contributed by atoms with Gasteiger partial charge < -0.3 is 4.90 Å². The van der Waals surface area contributed by atoms with E-state index in [0.717, 1.165) is 26.2 Å². The van der Waals surface area contributed by atoms with E-state index >= 15 is 0 Å². The molecule has 4 heteroatoms. The van der Waals surface area contributed by atoms with Gasteiger partial charge in [0.05, 0.1) is 0 Å². The Labute approximate surface area is 120 Å². The molecule has 1 saturated heterocycles. The molecule has 0 N–H and O–H groups in total. The molecule has 0 unspecified atom stereocenters. The molecule has 3 nitrogen and oxygen atoms in total. The monoisotopic (exact) mass is 278 g/mol. The first-order chi connectivity index (χ1) is 9.29. The van der Waals surface area contributed by atoms with Crippen LogP contribution in [0.25, 0.3) is 0 Å². The first kappa shape index (κ1) is 15.0. The van der Waals surface area contributed by atoms with Gasteiger partial charge in [0.2, 0.25) is 0 Å². The maximum Gasteiger partial charge on any atom is 0.253 e. The van der Waals surface area contributed by atoms with E-state index in [2.05, 4.69) is 25.7 Å². The smallest absolute Gasteiger partial charge is 0.253 e. The summed E-state index contributed by atoms with van der Waals surface area (Å²) in [5.74, 6) is -0.263. The second-order valence-corrected chi connectivity index (χ2v) is 6.41. The van der Waals surface area contributed by atoms with Crippen molar-refractivity contribution in [3.8, 4) is 0 Å². The summed E-state index contributed by atoms with van der Waals surface area (Å²) in [4.78, 5) is 16.6. The maximum atomic E-state index is 13.3. The van der Waals surface area contributed by atoms with Crippen molar-refractivity contribution in [3.63, 3.8) is 0 Å². The van der Waals surface area contributed by atoms with Crippen LogP contribution >= 0.6 is 0 Å². The molecule has 0 aliphatic carbocycles. The minimum Gasteiger partial charge on any atom is -0.336 e. The third-order valence-corrected chi connectivity index (χ3v) is 3.92. The van der Waals surface area contributed by atoms with E-state index in [-0.39, 0.29) is 17.3 Å². The fraction of sp³-hybridized carbons (Fsp3) is 0.562. The summed E-state index contributed by atoms with van der Waals surface area (Å²) in [7, 11) is 0. The van der Waals surface area contributed by atoms with Gasteiger partial charge in [-0.2, -0.15) is 0 Å². The van der Waals surface area contributed by atoms with Crippen LogP contribution in [-0.2, 0) is 0 Å². The van der Waals surface area contributed by atoms with E-state index in [4.69, 9.17) is 0 Å². The molecule has 1 aliphatic heterocycles. The van der Waals surface area contributed by atoms with Gasteiger partial charge in [0.1, 0.15) is 5.82 Å². The average molecular weight is 278 g/mol. The highest BCUT2D eigenvalue weighted by atomic mass is 19.1. The van der Waals surface area contributed by atoms with Gasteiger partial charge in [0.15, 0.2) is 0 Å². The molecule has 1 aliphatic rings. The Morgan fingerprint density at radius 3 is 2.25 bits per heavy atom. The summed E-state index contributed by atoms with van der Waals surface area (Å²) in [5.41, 5.74) is 1.24. The molecule has 110 valence electrons. The number of halogens is 1. The van der Waals surface area contributed by atoms with Crippen molar-refractivity contribution in [2.45, 2.75) is 33.2 Å². The number of hydrogen-bond donors (Lipinski definition) is 0. The first-order valence-corrected chi connectivity index (χ1v) is 7.09. The van der Waals surface area contributed by atoms with Gasteiger partial charge in [0.25, 0.3) is 5.91 Å². The lowest BCUT2D eigenvalue weighted by Gasteiger charge is -2.42. The SMILES string of the molecule is Cc1cc(C(=O)N2CCN(C(C)(C)C)CC2)ccc1F. The van der Waals surface area contributed by atoms with Crippen molar-refractivity contribution in [3.05, 3.63) is 35.1 Å². The van der Waals surface area contributed by atoms with Gasteiger partial charge in [-0.3, -0.25) is 9.69 Å². The Hall–Kier alpha value is -1.42. The highest BCUT2D eigenvalue weighted by molar-refractivity contribution is 5.94. The van der Waals surface area contributed by atoms with E-state index in [1.165, 1.54) is 6.07 Å². The quantitative estimate of drug-likeness (QED) is 0.788. The molecular weight excluding hydrogens is 255 g/mol. The minimum absolute atomic E-state index is 0.00154. The second-order valence-electron chi connectivity index (χ2n) is 6.41. The summed E-state index contributed by atoms with van der Waals surface area (Å²) < 4.78 is 13.3. The van der Waals surface area contributed by atoms with Gasteiger partial charge in [-0.15, -0.1) is 0 Å². The highest BCUT2D eigenvalue weighted by Gasteiger charge is 2.28. The third-order valence-electron chi connectivity index (χ3n) is 3.92. The maximum absolute atomic E-state index is 13.3. The lowest BCUT2D eigenvalue weighted by Crippen LogP contribution is -2.54. The lowest BCUT2D eigenvalue weighted by molar-refractivity contribution is 0.0451. The number of carbonyl (C=O) groups is 1. The van der Waals surface area contributed by atoms with Gasteiger partial charge in [-0.05, 0) is 51.5 Å². The van der Waals surface area contributed by atoms with Crippen molar-refractivity contribution in [2.75, 3.05) is 26.2 Å². The van der Waals surface area contributed by atoms with Crippen molar-refractivity contribution in [1.82, 2.24) is 9.80 Å². The number of carbonyl (C=O) groups excluding carboxylic acids is 1. The molecule has 0 spiro atoms. The van der Waals surface area contributed by atoms with Crippen molar-refractivity contribution < 1.29 is 9.18 Å². The molecule has 1 heterocycles. The van der Waals surface area contributed by atoms with Crippen LogP contribution in [0.3, 0.4) is 0 Å². The standard InChI is InChI=1S/C16H23FN2O/c1-12-11-13(5-6-14(12)17)15(20)18-7-9-19(10-8-18)16(2,3)4/h5-6,11H,7-10H2,1-4H3. The van der Waals surface area contributed by atoms with E-state index in [0.29, 0.717) is 11.1 Å². The van der Waals surface area contributed by atoms with Crippen molar-refractivity contribution >= 4 is 5.91 Å². The summed E-state index contributed by atoms with van der Waals surface area (Å²) in [6.07, 6.45) is 0. The van der Waals surface area contributed by atoms with Crippen LogP contribution in [0.1, 0.15) is 36.7 Å². The molecule has 0 atom stereocenters. The molecule has 1 amide bonds. The van der Waals surface area contributed by atoms with E-state index < -0.39 is 0 Å². The Balaban J connectivity index is 2.03. The molecular formula is C16H23FN2O. The van der Waals surface area contributed by atoms with Crippen LogP contribution in [0, 0.1) is 12.7 Å². The number of hydrogen-bond acceptors (Lipinski definition) is 2. The molecule has 2 rings (SSSR count). The third kappa shape index (κ3) is 3.18. The zero-order chi connectivity index (χ0) is 14.9. The van der Waals surface area contributed by atoms with Gasteiger partial charge in [-0.25, -0.2) is 4.39 Å². The zero-order valence-electron chi connectivity index (χ0n) is 12.7. The summed E-state index contributed by atoms with van der Waals surface area (Å²) in [6, 6.07) is 4.57. The second kappa shape index (κ2) is 5.52. The molecule has 0 saturated carbocycles. The van der Waals surface area contributed by atoms with Gasteiger partial charge >= 0.3 is 0 Å². The Kier molecular flexibility index (Phi) is 4.14. The topological polar surface area (TPSA) is 23.6 Å². The molecule has 1 fully saturated rings. The number of nitrogens with zero attached hydrogens (tertiary/aromatic N) is 2. The van der Waals surface area contributed by atoms with E-state index in [1.54, 1.807) is 19.1 Å². The Morgan fingerprint density at radius 2 is 1.75 bits per heavy atom. The molecule has 0 aromatic heterocycles. The van der Waals surface area contributed by atoms with Gasteiger partial charge in [0, 0.05) is 37.3 Å².